The van der Waals surface area contributed by atoms with Crippen LogP contribution in [0, 0.1) is 0 Å². The Morgan fingerprint density at radius 1 is 1.03 bits per heavy atom. The van der Waals surface area contributed by atoms with E-state index in [1.807, 2.05) is 77.4 Å². The van der Waals surface area contributed by atoms with E-state index >= 15 is 0 Å². The standard InChI is InChI=1S/C27H24ClN3O3/c1-29-26(32)23-16-19-9-3-6-12-22(19)31(23)27(33)24-17-18-8-2-5-11-21(18)30(24)14-15-34-25-13-7-4-10-20(25)28/h2-13,17,23H,14-16H2,1H3,(H,29,32). The van der Waals surface area contributed by atoms with Crippen molar-refractivity contribution in [1.82, 2.24) is 9.88 Å². The Kier molecular flexibility index (Phi) is 5.99. The van der Waals surface area contributed by atoms with E-state index in [0.717, 1.165) is 22.2 Å². The van der Waals surface area contributed by atoms with Crippen LogP contribution in [0.3, 0.4) is 0 Å². The summed E-state index contributed by atoms with van der Waals surface area (Å²) >= 11 is 6.22. The van der Waals surface area contributed by atoms with Crippen molar-refractivity contribution in [1.29, 1.82) is 0 Å². The zero-order valence-corrected chi connectivity index (χ0v) is 19.5. The van der Waals surface area contributed by atoms with Crippen LogP contribution in [0.5, 0.6) is 5.75 Å². The van der Waals surface area contributed by atoms with E-state index in [4.69, 9.17) is 16.3 Å². The molecule has 1 aromatic heterocycles. The van der Waals surface area contributed by atoms with E-state index in [1.165, 1.54) is 0 Å². The molecule has 34 heavy (non-hydrogen) atoms. The molecule has 1 aliphatic heterocycles. The van der Waals surface area contributed by atoms with Crippen molar-refractivity contribution in [2.45, 2.75) is 19.0 Å². The monoisotopic (exact) mass is 473 g/mol. The van der Waals surface area contributed by atoms with Crippen LogP contribution in [-0.2, 0) is 17.8 Å². The van der Waals surface area contributed by atoms with Crippen molar-refractivity contribution in [2.24, 2.45) is 0 Å². The van der Waals surface area contributed by atoms with Gasteiger partial charge in [0.2, 0.25) is 5.91 Å². The molecule has 0 bridgehead atoms. The van der Waals surface area contributed by atoms with Crippen molar-refractivity contribution >= 4 is 40.0 Å². The van der Waals surface area contributed by atoms with Crippen LogP contribution in [0.4, 0.5) is 5.69 Å². The Balaban J connectivity index is 1.51. The van der Waals surface area contributed by atoms with Gasteiger partial charge in [-0.15, -0.1) is 0 Å². The Morgan fingerprint density at radius 3 is 2.59 bits per heavy atom. The highest BCUT2D eigenvalue weighted by atomic mass is 35.5. The predicted octanol–water partition coefficient (Wildman–Crippen LogP) is 4.69. The summed E-state index contributed by atoms with van der Waals surface area (Å²) < 4.78 is 7.87. The second-order valence-electron chi connectivity index (χ2n) is 8.16. The number of aromatic nitrogens is 1. The number of anilines is 1. The van der Waals surface area contributed by atoms with E-state index in [1.54, 1.807) is 18.0 Å². The normalized spacial score (nSPS) is 14.8. The lowest BCUT2D eigenvalue weighted by molar-refractivity contribution is -0.121. The molecule has 0 fully saturated rings. The van der Waals surface area contributed by atoms with Gasteiger partial charge in [0.05, 0.1) is 11.6 Å². The van der Waals surface area contributed by atoms with Gasteiger partial charge >= 0.3 is 0 Å². The number of likely N-dealkylation sites (N-methyl/N-ethyl adjacent to an activating group) is 1. The summed E-state index contributed by atoms with van der Waals surface area (Å²) in [5, 5.41) is 4.20. The van der Waals surface area contributed by atoms with Gasteiger partial charge in [-0.05, 0) is 35.9 Å². The van der Waals surface area contributed by atoms with Crippen molar-refractivity contribution < 1.29 is 14.3 Å². The molecular weight excluding hydrogens is 450 g/mol. The number of carbonyl (C=O) groups is 2. The van der Waals surface area contributed by atoms with E-state index in [2.05, 4.69) is 5.32 Å². The molecule has 4 aromatic rings. The van der Waals surface area contributed by atoms with Crippen LogP contribution < -0.4 is 15.0 Å². The second kappa shape index (κ2) is 9.23. The number of nitrogens with one attached hydrogen (secondary N) is 1. The average Bonchev–Trinajstić information content (AvgIpc) is 3.43. The Morgan fingerprint density at radius 2 is 1.76 bits per heavy atom. The fourth-order valence-electron chi connectivity index (χ4n) is 4.57. The maximum Gasteiger partial charge on any atom is 0.275 e. The maximum absolute atomic E-state index is 14.0. The molecule has 2 amide bonds. The minimum Gasteiger partial charge on any atom is -0.490 e. The van der Waals surface area contributed by atoms with E-state index < -0.39 is 6.04 Å². The summed E-state index contributed by atoms with van der Waals surface area (Å²) in [5.74, 6) is 0.198. The molecule has 1 N–H and O–H groups in total. The van der Waals surface area contributed by atoms with Gasteiger partial charge < -0.3 is 14.6 Å². The molecule has 0 saturated heterocycles. The number of hydrogen-bond acceptors (Lipinski definition) is 3. The number of fused-ring (bicyclic) bond motifs is 2. The number of rotatable bonds is 6. The lowest BCUT2D eigenvalue weighted by atomic mass is 10.1. The first-order chi connectivity index (χ1) is 16.6. The van der Waals surface area contributed by atoms with Crippen LogP contribution >= 0.6 is 11.6 Å². The van der Waals surface area contributed by atoms with Crippen LogP contribution in [0.1, 0.15) is 16.1 Å². The number of amides is 2. The van der Waals surface area contributed by atoms with Crippen molar-refractivity contribution in [3.63, 3.8) is 0 Å². The number of carbonyl (C=O) groups excluding carboxylic acids is 2. The summed E-state index contributed by atoms with van der Waals surface area (Å²) in [6.07, 6.45) is 0.484. The minimum absolute atomic E-state index is 0.186. The Bertz CT molecular complexity index is 1380. The lowest BCUT2D eigenvalue weighted by Gasteiger charge is -2.25. The van der Waals surface area contributed by atoms with Gasteiger partial charge in [-0.1, -0.05) is 60.1 Å². The lowest BCUT2D eigenvalue weighted by Crippen LogP contribution is -2.47. The quantitative estimate of drug-likeness (QED) is 0.442. The second-order valence-corrected chi connectivity index (χ2v) is 8.56. The largest absolute Gasteiger partial charge is 0.490 e. The fourth-order valence-corrected chi connectivity index (χ4v) is 4.76. The highest BCUT2D eigenvalue weighted by Gasteiger charge is 2.39. The van der Waals surface area contributed by atoms with Crippen molar-refractivity contribution in [3.8, 4) is 5.75 Å². The summed E-state index contributed by atoms with van der Waals surface area (Å²) in [6, 6.07) is 24.1. The molecule has 1 unspecified atom stereocenters. The Labute approximate surface area is 202 Å². The zero-order valence-electron chi connectivity index (χ0n) is 18.7. The molecule has 2 heterocycles. The minimum atomic E-state index is -0.597. The summed E-state index contributed by atoms with van der Waals surface area (Å²) in [7, 11) is 1.59. The number of hydrogen-bond donors (Lipinski definition) is 1. The SMILES string of the molecule is CNC(=O)C1Cc2ccccc2N1C(=O)c1cc2ccccc2n1CCOc1ccccc1Cl. The Hall–Kier alpha value is -3.77. The first-order valence-electron chi connectivity index (χ1n) is 11.2. The fraction of sp³-hybridized carbons (Fsp3) is 0.185. The number of nitrogens with zero attached hydrogens (tertiary/aromatic N) is 2. The van der Waals surface area contributed by atoms with Gasteiger partial charge in [-0.3, -0.25) is 14.5 Å². The molecule has 0 spiro atoms. The molecule has 0 aliphatic carbocycles. The van der Waals surface area contributed by atoms with Crippen LogP contribution in [-0.4, -0.2) is 36.1 Å². The molecule has 0 radical (unpaired) electrons. The molecular formula is C27H24ClN3O3. The van der Waals surface area contributed by atoms with Gasteiger partial charge in [0.15, 0.2) is 0 Å². The molecule has 0 saturated carbocycles. The predicted molar refractivity (Wildman–Crippen MR) is 134 cm³/mol. The number of benzene rings is 3. The smallest absolute Gasteiger partial charge is 0.275 e. The average molecular weight is 474 g/mol. The van der Waals surface area contributed by atoms with Crippen LogP contribution in [0.25, 0.3) is 10.9 Å². The van der Waals surface area contributed by atoms with Gasteiger partial charge in [-0.2, -0.15) is 0 Å². The highest BCUT2D eigenvalue weighted by Crippen LogP contribution is 2.34. The van der Waals surface area contributed by atoms with E-state index in [0.29, 0.717) is 36.0 Å². The van der Waals surface area contributed by atoms with Gasteiger partial charge in [-0.25, -0.2) is 0 Å². The van der Waals surface area contributed by atoms with Gasteiger partial charge in [0, 0.05) is 30.1 Å². The molecule has 3 aromatic carbocycles. The van der Waals surface area contributed by atoms with E-state index in [-0.39, 0.29) is 11.8 Å². The number of halogens is 1. The van der Waals surface area contributed by atoms with Crippen molar-refractivity contribution in [2.75, 3.05) is 18.6 Å². The maximum atomic E-state index is 14.0. The molecule has 5 rings (SSSR count). The van der Waals surface area contributed by atoms with Gasteiger partial charge in [0.1, 0.15) is 24.1 Å². The van der Waals surface area contributed by atoms with Gasteiger partial charge in [0.25, 0.3) is 5.91 Å². The third-order valence-electron chi connectivity index (χ3n) is 6.18. The first kappa shape index (κ1) is 22.0. The summed E-state index contributed by atoms with van der Waals surface area (Å²) in [5.41, 5.74) is 3.19. The third-order valence-corrected chi connectivity index (χ3v) is 6.49. The summed E-state index contributed by atoms with van der Waals surface area (Å²) in [4.78, 5) is 28.3. The first-order valence-corrected chi connectivity index (χ1v) is 11.5. The molecule has 172 valence electrons. The molecule has 1 aliphatic rings. The van der Waals surface area contributed by atoms with Crippen LogP contribution in [0.2, 0.25) is 5.02 Å². The molecule has 7 heteroatoms. The number of ether oxygens (including phenoxy) is 1. The van der Waals surface area contributed by atoms with Crippen molar-refractivity contribution in [3.05, 3.63) is 95.1 Å². The highest BCUT2D eigenvalue weighted by molar-refractivity contribution is 6.32. The zero-order chi connectivity index (χ0) is 23.7. The summed E-state index contributed by atoms with van der Waals surface area (Å²) in [6.45, 7) is 0.776. The topological polar surface area (TPSA) is 63.6 Å². The number of para-hydroxylation sites is 3. The molecule has 1 atom stereocenters. The van der Waals surface area contributed by atoms with Crippen LogP contribution in [0.15, 0.2) is 78.9 Å². The molecule has 6 nitrogen and oxygen atoms in total. The third kappa shape index (κ3) is 3.90. The van der Waals surface area contributed by atoms with E-state index in [9.17, 15) is 9.59 Å².